The van der Waals surface area contributed by atoms with Gasteiger partial charge in [0.05, 0.1) is 0 Å². The lowest BCUT2D eigenvalue weighted by Gasteiger charge is -1.93. The Hall–Kier alpha value is -1.70. The van der Waals surface area contributed by atoms with Crippen LogP contribution in [0.3, 0.4) is 0 Å². The first kappa shape index (κ1) is 7.41. The lowest BCUT2D eigenvalue weighted by molar-refractivity contribution is 0.439. The molecule has 5 heteroatoms. The molecule has 0 unspecified atom stereocenters. The molecule has 0 spiro atoms. The standard InChI is InChI=1S/C6H8N4O/c1-2-9-6-4(3-7)5(8)11-10-6/h2,8H2,1H3,(H,9,10). The molecule has 0 aliphatic heterocycles. The van der Waals surface area contributed by atoms with E-state index in [1.807, 2.05) is 13.0 Å². The zero-order valence-corrected chi connectivity index (χ0v) is 6.09. The highest BCUT2D eigenvalue weighted by Gasteiger charge is 2.10. The fraction of sp³-hybridized carbons (Fsp3) is 0.333. The largest absolute Gasteiger partial charge is 0.366 e. The second kappa shape index (κ2) is 2.92. The van der Waals surface area contributed by atoms with Crippen molar-refractivity contribution in [2.45, 2.75) is 6.92 Å². The van der Waals surface area contributed by atoms with E-state index in [2.05, 4.69) is 15.0 Å². The van der Waals surface area contributed by atoms with E-state index in [-0.39, 0.29) is 11.4 Å². The Bertz CT molecular complexity index is 285. The molecule has 1 rings (SSSR count). The lowest BCUT2D eigenvalue weighted by atomic mass is 10.3. The number of aromatic nitrogens is 1. The summed E-state index contributed by atoms with van der Waals surface area (Å²) in [5.74, 6) is 0.468. The summed E-state index contributed by atoms with van der Waals surface area (Å²) >= 11 is 0. The van der Waals surface area contributed by atoms with E-state index in [9.17, 15) is 0 Å². The van der Waals surface area contributed by atoms with E-state index in [0.29, 0.717) is 12.4 Å². The maximum Gasteiger partial charge on any atom is 0.242 e. The number of hydrogen-bond donors (Lipinski definition) is 2. The topological polar surface area (TPSA) is 87.9 Å². The highest BCUT2D eigenvalue weighted by molar-refractivity contribution is 5.60. The predicted molar refractivity (Wildman–Crippen MR) is 39.8 cm³/mol. The molecular weight excluding hydrogens is 144 g/mol. The van der Waals surface area contributed by atoms with Crippen molar-refractivity contribution in [3.63, 3.8) is 0 Å². The van der Waals surface area contributed by atoms with Crippen molar-refractivity contribution < 1.29 is 4.52 Å². The van der Waals surface area contributed by atoms with Gasteiger partial charge in [-0.15, -0.1) is 0 Å². The number of nitrogen functional groups attached to an aromatic ring is 1. The van der Waals surface area contributed by atoms with Crippen LogP contribution >= 0.6 is 0 Å². The molecule has 0 atom stereocenters. The van der Waals surface area contributed by atoms with Crippen LogP contribution in [0, 0.1) is 11.3 Å². The van der Waals surface area contributed by atoms with Gasteiger partial charge in [0, 0.05) is 6.54 Å². The van der Waals surface area contributed by atoms with Crippen LogP contribution in [-0.4, -0.2) is 11.7 Å². The second-order valence-electron chi connectivity index (χ2n) is 1.91. The predicted octanol–water partition coefficient (Wildman–Crippen LogP) is 0.560. The summed E-state index contributed by atoms with van der Waals surface area (Å²) in [4.78, 5) is 0. The number of rotatable bonds is 2. The van der Waals surface area contributed by atoms with Gasteiger partial charge in [0.15, 0.2) is 11.4 Å². The Morgan fingerprint density at radius 1 is 1.82 bits per heavy atom. The number of hydrogen-bond acceptors (Lipinski definition) is 5. The van der Waals surface area contributed by atoms with Crippen molar-refractivity contribution in [3.8, 4) is 6.07 Å². The van der Waals surface area contributed by atoms with Crippen molar-refractivity contribution in [2.75, 3.05) is 17.6 Å². The Balaban J connectivity index is 2.98. The Morgan fingerprint density at radius 2 is 2.55 bits per heavy atom. The maximum atomic E-state index is 8.54. The van der Waals surface area contributed by atoms with Crippen LogP contribution < -0.4 is 11.1 Å². The van der Waals surface area contributed by atoms with Crippen LogP contribution in [0.5, 0.6) is 0 Å². The van der Waals surface area contributed by atoms with Crippen molar-refractivity contribution >= 4 is 11.7 Å². The SMILES string of the molecule is CCNc1noc(N)c1C#N. The van der Waals surface area contributed by atoms with Gasteiger partial charge in [-0.2, -0.15) is 5.26 Å². The summed E-state index contributed by atoms with van der Waals surface area (Å²) in [6, 6.07) is 1.88. The van der Waals surface area contributed by atoms with E-state index < -0.39 is 0 Å². The zero-order valence-electron chi connectivity index (χ0n) is 6.09. The monoisotopic (exact) mass is 152 g/mol. The van der Waals surface area contributed by atoms with Gasteiger partial charge in [0.25, 0.3) is 0 Å². The molecule has 0 saturated carbocycles. The number of nitrogens with zero attached hydrogens (tertiary/aromatic N) is 2. The maximum absolute atomic E-state index is 8.54. The summed E-state index contributed by atoms with van der Waals surface area (Å²) in [5.41, 5.74) is 5.56. The molecule has 0 aromatic carbocycles. The molecule has 58 valence electrons. The Kier molecular flexibility index (Phi) is 1.97. The summed E-state index contributed by atoms with van der Waals surface area (Å²) < 4.78 is 4.58. The van der Waals surface area contributed by atoms with Crippen LogP contribution in [0.2, 0.25) is 0 Å². The van der Waals surface area contributed by atoms with Crippen LogP contribution in [0.15, 0.2) is 4.52 Å². The number of nitriles is 1. The average molecular weight is 152 g/mol. The third kappa shape index (κ3) is 1.24. The lowest BCUT2D eigenvalue weighted by Crippen LogP contribution is -1.98. The molecule has 0 radical (unpaired) electrons. The Morgan fingerprint density at radius 3 is 3.09 bits per heavy atom. The normalized spacial score (nSPS) is 9.09. The van der Waals surface area contributed by atoms with E-state index in [0.717, 1.165) is 0 Å². The molecule has 0 saturated heterocycles. The number of nitrogens with two attached hydrogens (primary N) is 1. The highest BCUT2D eigenvalue weighted by Crippen LogP contribution is 2.18. The minimum absolute atomic E-state index is 0.0588. The van der Waals surface area contributed by atoms with Gasteiger partial charge in [-0.1, -0.05) is 5.16 Å². The summed E-state index contributed by atoms with van der Waals surface area (Å²) in [6.45, 7) is 2.58. The second-order valence-corrected chi connectivity index (χ2v) is 1.91. The van der Waals surface area contributed by atoms with Gasteiger partial charge in [-0.3, -0.25) is 0 Å². The molecule has 0 amide bonds. The quantitative estimate of drug-likeness (QED) is 0.646. The van der Waals surface area contributed by atoms with Gasteiger partial charge < -0.3 is 15.6 Å². The number of anilines is 2. The Labute approximate surface area is 63.8 Å². The first-order valence-electron chi connectivity index (χ1n) is 3.18. The van der Waals surface area contributed by atoms with Gasteiger partial charge in [-0.05, 0) is 6.92 Å². The van der Waals surface area contributed by atoms with Crippen molar-refractivity contribution in [2.24, 2.45) is 0 Å². The molecule has 0 aliphatic carbocycles. The minimum Gasteiger partial charge on any atom is -0.366 e. The highest BCUT2D eigenvalue weighted by atomic mass is 16.5. The third-order valence-corrected chi connectivity index (χ3v) is 1.17. The van der Waals surface area contributed by atoms with Crippen LogP contribution in [0.1, 0.15) is 12.5 Å². The molecular formula is C6H8N4O. The van der Waals surface area contributed by atoms with Crippen molar-refractivity contribution in [3.05, 3.63) is 5.56 Å². The molecule has 1 aromatic rings. The molecule has 0 bridgehead atoms. The van der Waals surface area contributed by atoms with Crippen molar-refractivity contribution in [1.82, 2.24) is 5.16 Å². The fourth-order valence-electron chi connectivity index (χ4n) is 0.699. The smallest absolute Gasteiger partial charge is 0.242 e. The van der Waals surface area contributed by atoms with Crippen LogP contribution in [0.4, 0.5) is 11.7 Å². The molecule has 0 fully saturated rings. The van der Waals surface area contributed by atoms with Gasteiger partial charge in [-0.25, -0.2) is 0 Å². The van der Waals surface area contributed by atoms with Gasteiger partial charge in [0.1, 0.15) is 6.07 Å². The number of nitrogens with one attached hydrogen (secondary N) is 1. The molecule has 1 heterocycles. The third-order valence-electron chi connectivity index (χ3n) is 1.17. The summed E-state index contributed by atoms with van der Waals surface area (Å²) in [6.07, 6.45) is 0. The van der Waals surface area contributed by atoms with E-state index in [4.69, 9.17) is 11.0 Å². The van der Waals surface area contributed by atoms with E-state index in [1.165, 1.54) is 0 Å². The van der Waals surface area contributed by atoms with E-state index >= 15 is 0 Å². The average Bonchev–Trinajstić information content (AvgIpc) is 2.33. The van der Waals surface area contributed by atoms with Crippen LogP contribution in [0.25, 0.3) is 0 Å². The summed E-state index contributed by atoms with van der Waals surface area (Å²) in [7, 11) is 0. The van der Waals surface area contributed by atoms with E-state index in [1.54, 1.807) is 0 Å². The van der Waals surface area contributed by atoms with Gasteiger partial charge in [0.2, 0.25) is 5.88 Å². The zero-order chi connectivity index (χ0) is 8.27. The molecule has 0 aliphatic rings. The first-order chi connectivity index (χ1) is 5.29. The van der Waals surface area contributed by atoms with Crippen molar-refractivity contribution in [1.29, 1.82) is 5.26 Å². The molecule has 5 nitrogen and oxygen atoms in total. The fourth-order valence-corrected chi connectivity index (χ4v) is 0.699. The molecule has 11 heavy (non-hydrogen) atoms. The summed E-state index contributed by atoms with van der Waals surface area (Å²) in [5, 5.41) is 14.9. The first-order valence-corrected chi connectivity index (χ1v) is 3.18. The molecule has 1 aromatic heterocycles. The van der Waals surface area contributed by atoms with Crippen LogP contribution in [-0.2, 0) is 0 Å². The molecule has 3 N–H and O–H groups in total. The minimum atomic E-state index is 0.0588. The van der Waals surface area contributed by atoms with Gasteiger partial charge >= 0.3 is 0 Å².